The molecular formula is C11H12N4O. The molecule has 82 valence electrons. The number of aromatic amines is 1. The number of fused-ring (bicyclic) bond motifs is 1. The molecule has 2 aromatic rings. The van der Waals surface area contributed by atoms with Gasteiger partial charge in [-0.25, -0.2) is 9.67 Å². The van der Waals surface area contributed by atoms with Gasteiger partial charge in [-0.15, -0.1) is 0 Å². The first-order valence-electron chi connectivity index (χ1n) is 5.31. The summed E-state index contributed by atoms with van der Waals surface area (Å²) < 4.78 is 1.51. The smallest absolute Gasteiger partial charge is 0.276 e. The predicted octanol–water partition coefficient (Wildman–Crippen LogP) is 0.206. The molecule has 0 amide bonds. The van der Waals surface area contributed by atoms with Crippen molar-refractivity contribution >= 4 is 0 Å². The molecule has 0 radical (unpaired) electrons. The molecule has 0 saturated carbocycles. The van der Waals surface area contributed by atoms with Crippen molar-refractivity contribution < 1.29 is 0 Å². The summed E-state index contributed by atoms with van der Waals surface area (Å²) in [5.41, 5.74) is 1.88. The number of rotatable bonds is 1. The first-order valence-corrected chi connectivity index (χ1v) is 5.31. The van der Waals surface area contributed by atoms with E-state index in [-0.39, 0.29) is 5.56 Å². The number of H-pyrrole nitrogens is 1. The van der Waals surface area contributed by atoms with E-state index in [0.717, 1.165) is 30.8 Å². The van der Waals surface area contributed by atoms with Gasteiger partial charge in [0.25, 0.3) is 5.56 Å². The molecule has 3 rings (SSSR count). The molecule has 1 aliphatic heterocycles. The Balaban J connectivity index is 2.16. The van der Waals surface area contributed by atoms with Gasteiger partial charge in [-0.05, 0) is 25.1 Å². The van der Waals surface area contributed by atoms with Gasteiger partial charge in [0.15, 0.2) is 5.82 Å². The van der Waals surface area contributed by atoms with Crippen LogP contribution >= 0.6 is 0 Å². The molecule has 0 saturated heterocycles. The van der Waals surface area contributed by atoms with E-state index in [1.54, 1.807) is 6.20 Å². The quantitative estimate of drug-likeness (QED) is 0.716. The number of hydrogen-bond donors (Lipinski definition) is 2. The van der Waals surface area contributed by atoms with Crippen molar-refractivity contribution in [2.24, 2.45) is 0 Å². The van der Waals surface area contributed by atoms with E-state index in [2.05, 4.69) is 15.4 Å². The lowest BCUT2D eigenvalue weighted by atomic mass is 10.1. The van der Waals surface area contributed by atoms with Crippen molar-refractivity contribution in [3.05, 3.63) is 46.0 Å². The Morgan fingerprint density at radius 2 is 2.31 bits per heavy atom. The monoisotopic (exact) mass is 216 g/mol. The highest BCUT2D eigenvalue weighted by molar-refractivity contribution is 5.27. The molecule has 0 aliphatic carbocycles. The van der Waals surface area contributed by atoms with E-state index in [0.29, 0.717) is 5.82 Å². The van der Waals surface area contributed by atoms with Crippen LogP contribution < -0.4 is 10.9 Å². The Morgan fingerprint density at radius 3 is 3.06 bits per heavy atom. The highest BCUT2D eigenvalue weighted by Gasteiger charge is 2.17. The second-order valence-corrected chi connectivity index (χ2v) is 3.82. The number of nitrogens with one attached hydrogen (secondary N) is 2. The van der Waals surface area contributed by atoms with Crippen LogP contribution in [0, 0.1) is 0 Å². The fourth-order valence-electron chi connectivity index (χ4n) is 2.00. The SMILES string of the molecule is O=c1c2c([nH]n1-c1ccccn1)CNCC2. The normalized spacial score (nSPS) is 14.8. The minimum absolute atomic E-state index is 0.0233. The maximum Gasteiger partial charge on any atom is 0.276 e. The summed E-state index contributed by atoms with van der Waals surface area (Å²) in [6.45, 7) is 1.59. The van der Waals surface area contributed by atoms with Crippen LogP contribution in [0.3, 0.4) is 0 Å². The highest BCUT2D eigenvalue weighted by atomic mass is 16.1. The average Bonchev–Trinajstić information content (AvgIpc) is 2.69. The summed E-state index contributed by atoms with van der Waals surface area (Å²) in [6.07, 6.45) is 2.46. The van der Waals surface area contributed by atoms with Gasteiger partial charge < -0.3 is 5.32 Å². The first kappa shape index (κ1) is 9.35. The zero-order chi connectivity index (χ0) is 11.0. The largest absolute Gasteiger partial charge is 0.311 e. The first-order chi connectivity index (χ1) is 7.86. The van der Waals surface area contributed by atoms with Crippen LogP contribution in [0.25, 0.3) is 5.82 Å². The molecule has 1 aliphatic rings. The van der Waals surface area contributed by atoms with E-state index in [9.17, 15) is 4.79 Å². The molecule has 5 nitrogen and oxygen atoms in total. The molecule has 0 fully saturated rings. The molecule has 3 heterocycles. The molecule has 5 heteroatoms. The second-order valence-electron chi connectivity index (χ2n) is 3.82. The summed E-state index contributed by atoms with van der Waals surface area (Å²) in [4.78, 5) is 16.2. The zero-order valence-electron chi connectivity index (χ0n) is 8.73. The van der Waals surface area contributed by atoms with Gasteiger partial charge >= 0.3 is 0 Å². The van der Waals surface area contributed by atoms with Crippen LogP contribution in [0.2, 0.25) is 0 Å². The van der Waals surface area contributed by atoms with Crippen molar-refractivity contribution in [1.82, 2.24) is 20.1 Å². The maximum absolute atomic E-state index is 12.1. The van der Waals surface area contributed by atoms with Crippen molar-refractivity contribution in [3.8, 4) is 5.82 Å². The number of pyridine rings is 1. The van der Waals surface area contributed by atoms with Crippen molar-refractivity contribution in [3.63, 3.8) is 0 Å². The third-order valence-corrected chi connectivity index (χ3v) is 2.80. The van der Waals surface area contributed by atoms with Gasteiger partial charge in [0, 0.05) is 18.3 Å². The second kappa shape index (κ2) is 3.61. The average molecular weight is 216 g/mol. The third kappa shape index (κ3) is 1.37. The Kier molecular flexibility index (Phi) is 2.11. The van der Waals surface area contributed by atoms with Crippen molar-refractivity contribution in [1.29, 1.82) is 0 Å². The van der Waals surface area contributed by atoms with Gasteiger partial charge in [-0.3, -0.25) is 9.89 Å². The summed E-state index contributed by atoms with van der Waals surface area (Å²) >= 11 is 0. The molecular weight excluding hydrogens is 204 g/mol. The Hall–Kier alpha value is -1.88. The van der Waals surface area contributed by atoms with E-state index in [4.69, 9.17) is 0 Å². The van der Waals surface area contributed by atoms with Crippen LogP contribution in [-0.4, -0.2) is 21.3 Å². The van der Waals surface area contributed by atoms with E-state index in [1.807, 2.05) is 18.2 Å². The van der Waals surface area contributed by atoms with Crippen LogP contribution in [-0.2, 0) is 13.0 Å². The van der Waals surface area contributed by atoms with Gasteiger partial charge in [-0.1, -0.05) is 6.07 Å². The van der Waals surface area contributed by atoms with Gasteiger partial charge in [0.2, 0.25) is 0 Å². The lowest BCUT2D eigenvalue weighted by molar-refractivity contribution is 0.629. The van der Waals surface area contributed by atoms with Gasteiger partial charge in [0.1, 0.15) is 0 Å². The molecule has 0 unspecified atom stereocenters. The molecule has 0 aromatic carbocycles. The van der Waals surface area contributed by atoms with Gasteiger partial charge in [0.05, 0.1) is 5.69 Å². The minimum Gasteiger partial charge on any atom is -0.311 e. The number of hydrogen-bond acceptors (Lipinski definition) is 3. The highest BCUT2D eigenvalue weighted by Crippen LogP contribution is 2.08. The Morgan fingerprint density at radius 1 is 1.38 bits per heavy atom. The van der Waals surface area contributed by atoms with E-state index >= 15 is 0 Å². The fraction of sp³-hybridized carbons (Fsp3) is 0.273. The zero-order valence-corrected chi connectivity index (χ0v) is 8.73. The molecule has 0 atom stereocenters. The van der Waals surface area contributed by atoms with Crippen LogP contribution in [0.15, 0.2) is 29.2 Å². The van der Waals surface area contributed by atoms with Crippen LogP contribution in [0.1, 0.15) is 11.3 Å². The van der Waals surface area contributed by atoms with Crippen LogP contribution in [0.4, 0.5) is 0 Å². The number of aromatic nitrogens is 3. The van der Waals surface area contributed by atoms with Crippen LogP contribution in [0.5, 0.6) is 0 Å². The molecule has 0 spiro atoms. The fourth-order valence-corrected chi connectivity index (χ4v) is 2.00. The molecule has 0 bridgehead atoms. The molecule has 16 heavy (non-hydrogen) atoms. The lowest BCUT2D eigenvalue weighted by Gasteiger charge is -2.09. The van der Waals surface area contributed by atoms with Crippen molar-refractivity contribution in [2.45, 2.75) is 13.0 Å². The summed E-state index contributed by atoms with van der Waals surface area (Å²) in [7, 11) is 0. The van der Waals surface area contributed by atoms with Crippen molar-refractivity contribution in [2.75, 3.05) is 6.54 Å². The summed E-state index contributed by atoms with van der Waals surface area (Å²) in [6, 6.07) is 5.52. The predicted molar refractivity (Wildman–Crippen MR) is 59.6 cm³/mol. The summed E-state index contributed by atoms with van der Waals surface area (Å²) in [5.74, 6) is 0.641. The molecule has 2 N–H and O–H groups in total. The summed E-state index contributed by atoms with van der Waals surface area (Å²) in [5, 5.41) is 6.33. The number of nitrogens with zero attached hydrogens (tertiary/aromatic N) is 2. The topological polar surface area (TPSA) is 62.7 Å². The van der Waals surface area contributed by atoms with E-state index in [1.165, 1.54) is 4.68 Å². The Labute approximate surface area is 92.1 Å². The standard InChI is InChI=1S/C11H12N4O/c16-11-8-4-6-12-7-9(8)14-15(11)10-3-1-2-5-13-10/h1-3,5,12,14H,4,6-7H2. The third-order valence-electron chi connectivity index (χ3n) is 2.80. The van der Waals surface area contributed by atoms with Gasteiger partial charge in [-0.2, -0.15) is 0 Å². The Bertz CT molecular complexity index is 555. The van der Waals surface area contributed by atoms with E-state index < -0.39 is 0 Å². The molecule has 2 aromatic heterocycles. The lowest BCUT2D eigenvalue weighted by Crippen LogP contribution is -2.26. The minimum atomic E-state index is 0.0233. The maximum atomic E-state index is 12.1.